The van der Waals surface area contributed by atoms with Crippen molar-refractivity contribution in [1.82, 2.24) is 19.4 Å². The maximum atomic E-state index is 14.6. The molecule has 1 aliphatic rings. The van der Waals surface area contributed by atoms with Gasteiger partial charge in [0.15, 0.2) is 5.78 Å². The van der Waals surface area contributed by atoms with Gasteiger partial charge in [0.25, 0.3) is 5.91 Å². The van der Waals surface area contributed by atoms with E-state index in [0.29, 0.717) is 48.4 Å². The average Bonchev–Trinajstić information content (AvgIpc) is 3.18. The van der Waals surface area contributed by atoms with Crippen LogP contribution in [0.15, 0.2) is 36.7 Å². The van der Waals surface area contributed by atoms with Gasteiger partial charge in [-0.25, -0.2) is 9.18 Å². The van der Waals surface area contributed by atoms with Crippen molar-refractivity contribution in [1.29, 1.82) is 0 Å². The van der Waals surface area contributed by atoms with Gasteiger partial charge in [-0.05, 0) is 92.5 Å². The minimum Gasteiger partial charge on any atom is -0.444 e. The number of ketones is 1. The molecule has 2 atom stereocenters. The van der Waals surface area contributed by atoms with Crippen molar-refractivity contribution >= 4 is 28.7 Å². The first-order valence-electron chi connectivity index (χ1n) is 14.7. The van der Waals surface area contributed by atoms with Crippen LogP contribution in [-0.2, 0) is 4.74 Å². The molecule has 0 spiro atoms. The van der Waals surface area contributed by atoms with E-state index in [1.165, 1.54) is 12.1 Å². The Bertz CT molecular complexity index is 1520. The van der Waals surface area contributed by atoms with E-state index < -0.39 is 16.8 Å². The lowest BCUT2D eigenvalue weighted by Gasteiger charge is -2.43. The number of nitrogens with zero attached hydrogens (tertiary/aromatic N) is 4. The van der Waals surface area contributed by atoms with Crippen LogP contribution < -0.4 is 0 Å². The number of aromatic nitrogens is 2. The summed E-state index contributed by atoms with van der Waals surface area (Å²) in [6.07, 6.45) is 3.90. The Kier molecular flexibility index (Phi) is 8.54. The summed E-state index contributed by atoms with van der Waals surface area (Å²) in [5.41, 5.74) is 1.24. The standard InChI is InChI=1S/C33H43FN4O4/c1-10-36(20(2)3)30(40)25-17-23(34)11-12-26(25)38-22(5)28(24-13-15-35-19-27(24)38)29(39)33(9)14-16-37(21(4)18-33)31(41)42-32(6,7)8/h11-13,15,17,19-21H,10,14,16,18H2,1-9H3/t21-,33-/m0/s1. The molecule has 9 heteroatoms. The normalized spacial score (nSPS) is 19.3. The van der Waals surface area contributed by atoms with Crippen LogP contribution in [0.2, 0.25) is 0 Å². The van der Waals surface area contributed by atoms with Crippen LogP contribution in [0.5, 0.6) is 0 Å². The summed E-state index contributed by atoms with van der Waals surface area (Å²) >= 11 is 0. The van der Waals surface area contributed by atoms with Crippen molar-refractivity contribution in [3.63, 3.8) is 0 Å². The van der Waals surface area contributed by atoms with E-state index in [4.69, 9.17) is 4.74 Å². The first-order chi connectivity index (χ1) is 19.6. The van der Waals surface area contributed by atoms with Crippen LogP contribution >= 0.6 is 0 Å². The first-order valence-corrected chi connectivity index (χ1v) is 14.7. The predicted molar refractivity (Wildman–Crippen MR) is 162 cm³/mol. The quantitative estimate of drug-likeness (QED) is 0.296. The first kappa shape index (κ1) is 31.2. The number of likely N-dealkylation sites (tertiary alicyclic amines) is 1. The smallest absolute Gasteiger partial charge is 0.410 e. The summed E-state index contributed by atoms with van der Waals surface area (Å²) in [4.78, 5) is 48.7. The summed E-state index contributed by atoms with van der Waals surface area (Å²) in [5.74, 6) is -0.822. The maximum absolute atomic E-state index is 14.6. The van der Waals surface area contributed by atoms with E-state index >= 15 is 0 Å². The lowest BCUT2D eigenvalue weighted by Crippen LogP contribution is -2.51. The van der Waals surface area contributed by atoms with Crippen LogP contribution in [0.4, 0.5) is 9.18 Å². The molecule has 8 nitrogen and oxygen atoms in total. The van der Waals surface area contributed by atoms with Crippen molar-refractivity contribution < 1.29 is 23.5 Å². The molecule has 226 valence electrons. The predicted octanol–water partition coefficient (Wildman–Crippen LogP) is 6.95. The zero-order valence-electron chi connectivity index (χ0n) is 26.2. The number of hydrogen-bond acceptors (Lipinski definition) is 5. The Morgan fingerprint density at radius 3 is 2.50 bits per heavy atom. The molecule has 42 heavy (non-hydrogen) atoms. The Hall–Kier alpha value is -3.75. The molecule has 0 bridgehead atoms. The molecule has 0 radical (unpaired) electrons. The zero-order valence-corrected chi connectivity index (χ0v) is 26.2. The Morgan fingerprint density at radius 2 is 1.90 bits per heavy atom. The van der Waals surface area contributed by atoms with E-state index in [-0.39, 0.29) is 35.4 Å². The van der Waals surface area contributed by atoms with E-state index in [2.05, 4.69) is 4.98 Å². The van der Waals surface area contributed by atoms with Gasteiger partial charge in [-0.1, -0.05) is 6.92 Å². The number of carbonyl (C=O) groups is 3. The van der Waals surface area contributed by atoms with Gasteiger partial charge in [0.05, 0.1) is 23.0 Å². The minimum atomic E-state index is -0.733. The summed E-state index contributed by atoms with van der Waals surface area (Å²) in [6.45, 7) is 17.9. The Morgan fingerprint density at radius 1 is 1.21 bits per heavy atom. The molecule has 2 amide bonds. The lowest BCUT2D eigenvalue weighted by atomic mass is 9.72. The summed E-state index contributed by atoms with van der Waals surface area (Å²) in [5, 5.41) is 0.717. The Labute approximate surface area is 247 Å². The molecule has 1 aliphatic heterocycles. The van der Waals surface area contributed by atoms with Crippen LogP contribution in [0.1, 0.15) is 94.6 Å². The highest BCUT2D eigenvalue weighted by atomic mass is 19.1. The minimum absolute atomic E-state index is 0.0296. The number of hydrogen-bond donors (Lipinski definition) is 0. The van der Waals surface area contributed by atoms with E-state index in [0.717, 1.165) is 5.39 Å². The number of fused-ring (bicyclic) bond motifs is 1. The summed E-state index contributed by atoms with van der Waals surface area (Å²) in [7, 11) is 0. The van der Waals surface area contributed by atoms with Gasteiger partial charge in [0.2, 0.25) is 0 Å². The SMILES string of the molecule is CCN(C(=O)c1cc(F)ccc1-n1c(C)c(C(=O)[C@@]2(C)CCN(C(=O)OC(C)(C)C)[C@@H](C)C2)c2ccncc21)C(C)C. The average molecular weight is 579 g/mol. The number of halogens is 1. The fourth-order valence-corrected chi connectivity index (χ4v) is 6.18. The van der Waals surface area contributed by atoms with Crippen molar-refractivity contribution in [2.75, 3.05) is 13.1 Å². The Balaban J connectivity index is 1.79. The van der Waals surface area contributed by atoms with Gasteiger partial charge >= 0.3 is 6.09 Å². The van der Waals surface area contributed by atoms with Crippen molar-refractivity contribution in [3.05, 3.63) is 59.3 Å². The third-order valence-electron chi connectivity index (χ3n) is 8.25. The van der Waals surface area contributed by atoms with Gasteiger partial charge in [-0.15, -0.1) is 0 Å². The highest BCUT2D eigenvalue weighted by Gasteiger charge is 2.44. The topological polar surface area (TPSA) is 84.7 Å². The molecule has 4 rings (SSSR count). The number of piperidine rings is 1. The van der Waals surface area contributed by atoms with E-state index in [9.17, 15) is 18.8 Å². The van der Waals surface area contributed by atoms with Crippen molar-refractivity contribution in [2.24, 2.45) is 5.41 Å². The number of ether oxygens (including phenoxy) is 1. The zero-order chi connectivity index (χ0) is 31.1. The monoisotopic (exact) mass is 578 g/mol. The van der Waals surface area contributed by atoms with Gasteiger partial charge in [-0.2, -0.15) is 0 Å². The van der Waals surface area contributed by atoms with E-state index in [1.54, 1.807) is 28.3 Å². The van der Waals surface area contributed by atoms with Crippen molar-refractivity contribution in [3.8, 4) is 5.69 Å². The van der Waals surface area contributed by atoms with Crippen LogP contribution in [0, 0.1) is 18.2 Å². The van der Waals surface area contributed by atoms with Gasteiger partial charge < -0.3 is 19.1 Å². The number of benzene rings is 1. The fraction of sp³-hybridized carbons (Fsp3) is 0.515. The van der Waals surface area contributed by atoms with Crippen LogP contribution in [-0.4, -0.2) is 67.9 Å². The highest BCUT2D eigenvalue weighted by Crippen LogP contribution is 2.41. The summed E-state index contributed by atoms with van der Waals surface area (Å²) in [6, 6.07) is 5.72. The number of Topliss-reactive ketones (excluding diaryl/α,β-unsaturated/α-hetero) is 1. The molecule has 1 aromatic carbocycles. The molecule has 3 heterocycles. The number of carbonyl (C=O) groups excluding carboxylic acids is 3. The second-order valence-corrected chi connectivity index (χ2v) is 12.9. The van der Waals surface area contributed by atoms with Gasteiger partial charge in [0.1, 0.15) is 11.4 Å². The van der Waals surface area contributed by atoms with Gasteiger partial charge in [0, 0.05) is 53.4 Å². The number of amides is 2. The highest BCUT2D eigenvalue weighted by molar-refractivity contribution is 6.12. The van der Waals surface area contributed by atoms with E-state index in [1.807, 2.05) is 72.9 Å². The molecule has 1 fully saturated rings. The molecule has 2 aromatic heterocycles. The third kappa shape index (κ3) is 5.78. The lowest BCUT2D eigenvalue weighted by molar-refractivity contribution is -0.00110. The largest absolute Gasteiger partial charge is 0.444 e. The second-order valence-electron chi connectivity index (χ2n) is 12.9. The molecular formula is C33H43FN4O4. The van der Waals surface area contributed by atoms with Crippen LogP contribution in [0.25, 0.3) is 16.6 Å². The fourth-order valence-electron chi connectivity index (χ4n) is 6.18. The molecule has 0 aliphatic carbocycles. The number of rotatable bonds is 6. The second kappa shape index (κ2) is 11.5. The molecule has 0 saturated carbocycles. The van der Waals surface area contributed by atoms with Crippen LogP contribution in [0.3, 0.4) is 0 Å². The van der Waals surface area contributed by atoms with Crippen molar-refractivity contribution in [2.45, 2.75) is 92.8 Å². The molecule has 1 saturated heterocycles. The van der Waals surface area contributed by atoms with Gasteiger partial charge in [-0.3, -0.25) is 14.6 Å². The molecule has 3 aromatic rings. The molecule has 0 N–H and O–H groups in total. The number of pyridine rings is 1. The molecular weight excluding hydrogens is 535 g/mol. The summed E-state index contributed by atoms with van der Waals surface area (Å²) < 4.78 is 22.0. The maximum Gasteiger partial charge on any atom is 0.410 e. The third-order valence-corrected chi connectivity index (χ3v) is 8.25. The molecule has 0 unspecified atom stereocenters.